The van der Waals surface area contributed by atoms with Gasteiger partial charge in [0.15, 0.2) is 0 Å². The molecule has 2 aliphatic heterocycles. The van der Waals surface area contributed by atoms with Crippen LogP contribution in [-0.4, -0.2) is 63.1 Å². The smallest absolute Gasteiger partial charge is 0.122 e. The summed E-state index contributed by atoms with van der Waals surface area (Å²) in [6.07, 6.45) is 0.757. The van der Waals surface area contributed by atoms with Crippen molar-refractivity contribution in [3.8, 4) is 23.0 Å². The second kappa shape index (κ2) is 14.4. The molecule has 2 saturated heterocycles. The molecule has 1 N–H and O–H groups in total. The summed E-state index contributed by atoms with van der Waals surface area (Å²) in [6.45, 7) is 11.9. The van der Waals surface area contributed by atoms with E-state index in [1.807, 2.05) is 48.5 Å². The highest BCUT2D eigenvalue weighted by Crippen LogP contribution is 2.35. The minimum atomic E-state index is -0.772. The van der Waals surface area contributed by atoms with Crippen LogP contribution in [0.4, 0.5) is 0 Å². The van der Waals surface area contributed by atoms with E-state index in [4.69, 9.17) is 28.4 Å². The molecule has 7 heteroatoms. The number of aliphatic hydroxyl groups is 1. The Morgan fingerprint density at radius 2 is 0.872 bits per heavy atom. The minimum absolute atomic E-state index is 0.134. The molecular weight excluding hydrogens is 592 g/mol. The lowest BCUT2D eigenvalue weighted by Crippen LogP contribution is -2.32. The molecule has 6 rings (SSSR count). The third-order valence-electron chi connectivity index (χ3n) is 9.26. The number of hydrogen-bond acceptors (Lipinski definition) is 7. The summed E-state index contributed by atoms with van der Waals surface area (Å²) in [4.78, 5) is 0. The summed E-state index contributed by atoms with van der Waals surface area (Å²) in [6, 6.07) is 32.6. The molecule has 4 aromatic rings. The van der Waals surface area contributed by atoms with E-state index in [-0.39, 0.29) is 36.3 Å². The number of ether oxygens (including phenoxy) is 6. The summed E-state index contributed by atoms with van der Waals surface area (Å²) in [7, 11) is 0. The van der Waals surface area contributed by atoms with Crippen LogP contribution in [0.1, 0.15) is 56.4 Å². The van der Waals surface area contributed by atoms with Crippen molar-refractivity contribution < 1.29 is 33.5 Å². The summed E-state index contributed by atoms with van der Waals surface area (Å²) >= 11 is 0. The van der Waals surface area contributed by atoms with Crippen LogP contribution in [0.2, 0.25) is 0 Å². The molecule has 4 aromatic carbocycles. The van der Waals surface area contributed by atoms with Crippen LogP contribution < -0.4 is 18.9 Å². The SMILES string of the molecule is CC(C)(c1ccc(OCC(O)COc2ccc(C(C)(C)c3ccc(OC[C@@H]4CO4)cc3)cc2)cc1)c1ccc(OCC2CCO2)cc1. The average Bonchev–Trinajstić information content (AvgIpc) is 3.90. The zero-order chi connectivity index (χ0) is 32.9. The van der Waals surface area contributed by atoms with Gasteiger partial charge in [-0.3, -0.25) is 0 Å². The van der Waals surface area contributed by atoms with Gasteiger partial charge in [-0.25, -0.2) is 0 Å². The highest BCUT2D eigenvalue weighted by atomic mass is 16.6. The first-order chi connectivity index (χ1) is 22.7. The molecular formula is C40H46O7. The fraction of sp³-hybridized carbons (Fsp3) is 0.400. The monoisotopic (exact) mass is 638 g/mol. The zero-order valence-electron chi connectivity index (χ0n) is 27.8. The van der Waals surface area contributed by atoms with Crippen molar-refractivity contribution in [2.75, 3.05) is 39.6 Å². The standard InChI is InChI=1S/C40H46O7/c1-39(2,30-9-17-35(18-10-30)45-25-37-21-22-42-37)28-5-13-33(14-6-28)43-23-32(41)24-44-34-15-7-29(8-16-34)40(3,4)31-11-19-36(20-12-31)46-26-38-27-47-38/h5-20,32,37-38,41H,21-27H2,1-4H3/t32?,37?,38-/m1/s1. The number of benzene rings is 4. The number of epoxide rings is 1. The molecule has 0 aromatic heterocycles. The average molecular weight is 639 g/mol. The van der Waals surface area contributed by atoms with Crippen molar-refractivity contribution in [1.82, 2.24) is 0 Å². The van der Waals surface area contributed by atoms with Crippen LogP contribution in [0.25, 0.3) is 0 Å². The molecule has 0 spiro atoms. The van der Waals surface area contributed by atoms with Gasteiger partial charge < -0.3 is 33.5 Å². The van der Waals surface area contributed by atoms with Gasteiger partial charge >= 0.3 is 0 Å². The molecule has 7 nitrogen and oxygen atoms in total. The highest BCUT2D eigenvalue weighted by Gasteiger charge is 2.26. The molecule has 2 fully saturated rings. The van der Waals surface area contributed by atoms with Gasteiger partial charge in [0.1, 0.15) is 61.6 Å². The van der Waals surface area contributed by atoms with Crippen molar-refractivity contribution in [3.05, 3.63) is 119 Å². The third-order valence-corrected chi connectivity index (χ3v) is 9.26. The molecule has 248 valence electrons. The Hall–Kier alpha value is -4.04. The second-order valence-corrected chi connectivity index (χ2v) is 13.5. The van der Waals surface area contributed by atoms with E-state index < -0.39 is 6.10 Å². The van der Waals surface area contributed by atoms with Gasteiger partial charge in [-0.05, 0) is 70.8 Å². The Labute approximate surface area is 278 Å². The van der Waals surface area contributed by atoms with E-state index in [0.717, 1.165) is 31.1 Å². The molecule has 0 amide bonds. The first kappa shape index (κ1) is 32.9. The minimum Gasteiger partial charge on any atom is -0.491 e. The molecule has 2 aliphatic rings. The molecule has 0 bridgehead atoms. The van der Waals surface area contributed by atoms with E-state index in [1.54, 1.807) is 0 Å². The zero-order valence-corrected chi connectivity index (χ0v) is 27.8. The Morgan fingerprint density at radius 3 is 1.17 bits per heavy atom. The lowest BCUT2D eigenvalue weighted by Gasteiger charge is -2.27. The van der Waals surface area contributed by atoms with Crippen molar-refractivity contribution in [3.63, 3.8) is 0 Å². The Balaban J connectivity index is 0.947. The maximum absolute atomic E-state index is 10.6. The summed E-state index contributed by atoms with van der Waals surface area (Å²) < 4.78 is 34.1. The molecule has 47 heavy (non-hydrogen) atoms. The number of rotatable bonds is 16. The van der Waals surface area contributed by atoms with Gasteiger partial charge in [0, 0.05) is 23.9 Å². The summed E-state index contributed by atoms with van der Waals surface area (Å²) in [5.41, 5.74) is 4.33. The molecule has 0 aliphatic carbocycles. The summed E-state index contributed by atoms with van der Waals surface area (Å²) in [5.74, 6) is 3.11. The van der Waals surface area contributed by atoms with Crippen LogP contribution in [0.15, 0.2) is 97.1 Å². The Morgan fingerprint density at radius 1 is 0.553 bits per heavy atom. The van der Waals surface area contributed by atoms with E-state index >= 15 is 0 Å². The fourth-order valence-electron chi connectivity index (χ4n) is 5.60. The largest absolute Gasteiger partial charge is 0.491 e. The van der Waals surface area contributed by atoms with Gasteiger partial charge in [-0.1, -0.05) is 76.2 Å². The predicted molar refractivity (Wildman–Crippen MR) is 182 cm³/mol. The van der Waals surface area contributed by atoms with Crippen molar-refractivity contribution >= 4 is 0 Å². The van der Waals surface area contributed by atoms with E-state index in [9.17, 15) is 5.11 Å². The van der Waals surface area contributed by atoms with Crippen LogP contribution >= 0.6 is 0 Å². The van der Waals surface area contributed by atoms with E-state index in [0.29, 0.717) is 24.7 Å². The highest BCUT2D eigenvalue weighted by molar-refractivity contribution is 5.43. The first-order valence-electron chi connectivity index (χ1n) is 16.5. The fourth-order valence-corrected chi connectivity index (χ4v) is 5.60. The molecule has 3 atom stereocenters. The normalized spacial score (nSPS) is 18.1. The molecule has 0 radical (unpaired) electrons. The quantitative estimate of drug-likeness (QED) is 0.131. The topological polar surface area (TPSA) is 78.9 Å². The van der Waals surface area contributed by atoms with E-state index in [1.165, 1.54) is 22.3 Å². The van der Waals surface area contributed by atoms with Crippen LogP contribution in [0, 0.1) is 0 Å². The van der Waals surface area contributed by atoms with Gasteiger partial charge in [-0.2, -0.15) is 0 Å². The third kappa shape index (κ3) is 8.47. The van der Waals surface area contributed by atoms with Gasteiger partial charge in [-0.15, -0.1) is 0 Å². The van der Waals surface area contributed by atoms with Crippen molar-refractivity contribution in [2.45, 2.75) is 63.3 Å². The van der Waals surface area contributed by atoms with Crippen LogP contribution in [-0.2, 0) is 20.3 Å². The van der Waals surface area contributed by atoms with Gasteiger partial charge in [0.25, 0.3) is 0 Å². The first-order valence-corrected chi connectivity index (χ1v) is 16.5. The number of aliphatic hydroxyl groups excluding tert-OH is 1. The van der Waals surface area contributed by atoms with Crippen LogP contribution in [0.3, 0.4) is 0 Å². The predicted octanol–water partition coefficient (Wildman–Crippen LogP) is 7.10. The molecule has 2 heterocycles. The molecule has 2 unspecified atom stereocenters. The maximum atomic E-state index is 10.6. The lowest BCUT2D eigenvalue weighted by molar-refractivity contribution is -0.0720. The van der Waals surface area contributed by atoms with E-state index in [2.05, 4.69) is 76.2 Å². The van der Waals surface area contributed by atoms with Crippen LogP contribution in [0.5, 0.6) is 23.0 Å². The summed E-state index contributed by atoms with van der Waals surface area (Å²) in [5, 5.41) is 10.6. The number of hydrogen-bond donors (Lipinski definition) is 1. The van der Waals surface area contributed by atoms with Crippen molar-refractivity contribution in [1.29, 1.82) is 0 Å². The van der Waals surface area contributed by atoms with Gasteiger partial charge in [0.05, 0.1) is 12.7 Å². The Bertz CT molecular complexity index is 1550. The second-order valence-electron chi connectivity index (χ2n) is 13.5. The molecule has 0 saturated carbocycles. The maximum Gasteiger partial charge on any atom is 0.122 e. The Kier molecular flexibility index (Phi) is 10.1. The van der Waals surface area contributed by atoms with Crippen molar-refractivity contribution in [2.24, 2.45) is 0 Å². The van der Waals surface area contributed by atoms with Gasteiger partial charge in [0.2, 0.25) is 0 Å². The lowest BCUT2D eigenvalue weighted by atomic mass is 9.78.